The molecule has 0 radical (unpaired) electrons. The normalized spacial score (nSPS) is 11.6. The molecule has 126 valence electrons. The van der Waals surface area contributed by atoms with Gasteiger partial charge in [-0.25, -0.2) is 4.98 Å². The number of benzene rings is 2. The summed E-state index contributed by atoms with van der Waals surface area (Å²) in [4.78, 5) is 18.2. The van der Waals surface area contributed by atoms with Crippen molar-refractivity contribution < 1.29 is 0 Å². The molecule has 0 bridgehead atoms. The van der Waals surface area contributed by atoms with Gasteiger partial charge in [-0.05, 0) is 30.2 Å². The minimum absolute atomic E-state index is 0.0141. The first-order chi connectivity index (χ1) is 12.7. The molecule has 0 fully saturated rings. The third kappa shape index (κ3) is 2.09. The van der Waals surface area contributed by atoms with Crippen LogP contribution in [0.25, 0.3) is 27.6 Å². The Morgan fingerprint density at radius 1 is 0.885 bits per heavy atom. The number of fused-ring (bicyclic) bond motifs is 5. The lowest BCUT2D eigenvalue weighted by Crippen LogP contribution is -2.22. The second-order valence-electron chi connectivity index (χ2n) is 6.59. The van der Waals surface area contributed by atoms with Crippen molar-refractivity contribution in [1.29, 1.82) is 0 Å². The fourth-order valence-electron chi connectivity index (χ4n) is 3.66. The number of hydrogen-bond acceptors (Lipinski definition) is 2. The van der Waals surface area contributed by atoms with Crippen LogP contribution < -0.4 is 5.56 Å². The summed E-state index contributed by atoms with van der Waals surface area (Å²) in [6.07, 6.45) is 1.98. The summed E-state index contributed by atoms with van der Waals surface area (Å²) in [7, 11) is 0. The van der Waals surface area contributed by atoms with Crippen LogP contribution >= 0.6 is 0 Å². The lowest BCUT2D eigenvalue weighted by Gasteiger charge is -2.11. The Bertz CT molecular complexity index is 1330. The first kappa shape index (κ1) is 14.9. The number of rotatable bonds is 2. The highest BCUT2D eigenvalue weighted by Gasteiger charge is 2.17. The Kier molecular flexibility index (Phi) is 3.19. The monoisotopic (exact) mass is 339 g/mol. The van der Waals surface area contributed by atoms with Crippen LogP contribution in [0, 0.1) is 6.92 Å². The summed E-state index contributed by atoms with van der Waals surface area (Å²) in [6, 6.07) is 21.8. The third-order valence-corrected chi connectivity index (χ3v) is 4.92. The molecule has 5 aromatic rings. The number of nitrogens with zero attached hydrogens (tertiary/aromatic N) is 3. The minimum atomic E-state index is 0.0141. The average molecular weight is 339 g/mol. The zero-order valence-electron chi connectivity index (χ0n) is 14.4. The van der Waals surface area contributed by atoms with Gasteiger partial charge in [0.1, 0.15) is 16.8 Å². The molecule has 0 saturated heterocycles. The SMILES string of the molecule is Cc1cccn2c1nc1c3ccccc3c(=O)n(Cc3ccccc3)c12. The van der Waals surface area contributed by atoms with E-state index in [9.17, 15) is 4.79 Å². The Morgan fingerprint density at radius 2 is 1.62 bits per heavy atom. The Hall–Kier alpha value is -3.40. The maximum Gasteiger partial charge on any atom is 0.260 e. The molecule has 0 aliphatic rings. The molecule has 0 aliphatic heterocycles. The zero-order chi connectivity index (χ0) is 17.7. The molecular formula is C22H17N3O. The van der Waals surface area contributed by atoms with Crippen LogP contribution in [0.2, 0.25) is 0 Å². The number of pyridine rings is 2. The molecule has 4 nitrogen and oxygen atoms in total. The van der Waals surface area contributed by atoms with Gasteiger partial charge >= 0.3 is 0 Å². The van der Waals surface area contributed by atoms with Crippen LogP contribution in [0.15, 0.2) is 77.7 Å². The predicted molar refractivity (Wildman–Crippen MR) is 105 cm³/mol. The van der Waals surface area contributed by atoms with E-state index in [-0.39, 0.29) is 5.56 Å². The van der Waals surface area contributed by atoms with Gasteiger partial charge in [0.05, 0.1) is 6.54 Å². The molecule has 2 aromatic carbocycles. The van der Waals surface area contributed by atoms with Crippen molar-refractivity contribution in [2.75, 3.05) is 0 Å². The number of imidazole rings is 1. The van der Waals surface area contributed by atoms with E-state index in [1.165, 1.54) is 0 Å². The lowest BCUT2D eigenvalue weighted by molar-refractivity contribution is 0.786. The van der Waals surface area contributed by atoms with Crippen molar-refractivity contribution in [2.45, 2.75) is 13.5 Å². The Labute approximate surface area is 150 Å². The predicted octanol–water partition coefficient (Wildman–Crippen LogP) is 4.16. The van der Waals surface area contributed by atoms with Crippen molar-refractivity contribution in [3.05, 3.63) is 94.4 Å². The van der Waals surface area contributed by atoms with Gasteiger partial charge in [-0.1, -0.05) is 54.6 Å². The summed E-state index contributed by atoms with van der Waals surface area (Å²) in [5.74, 6) is 0. The van der Waals surface area contributed by atoms with E-state index >= 15 is 0 Å². The average Bonchev–Trinajstić information content (AvgIpc) is 3.07. The molecule has 0 atom stereocenters. The van der Waals surface area contributed by atoms with Gasteiger partial charge in [0.15, 0.2) is 0 Å². The van der Waals surface area contributed by atoms with Crippen molar-refractivity contribution in [3.63, 3.8) is 0 Å². The number of hydrogen-bond donors (Lipinski definition) is 0. The standard InChI is InChI=1S/C22H17N3O/c1-15-8-7-13-24-20(15)23-19-17-11-5-6-12-18(17)22(26)25(21(19)24)14-16-9-3-2-4-10-16/h2-13H,14H2,1H3. The molecular weight excluding hydrogens is 322 g/mol. The van der Waals surface area contributed by atoms with Gasteiger partial charge < -0.3 is 0 Å². The van der Waals surface area contributed by atoms with Gasteiger partial charge in [-0.2, -0.15) is 0 Å². The van der Waals surface area contributed by atoms with Gasteiger partial charge in [0.25, 0.3) is 5.56 Å². The van der Waals surface area contributed by atoms with Crippen LogP contribution in [0.1, 0.15) is 11.1 Å². The second kappa shape index (κ2) is 5.56. The summed E-state index contributed by atoms with van der Waals surface area (Å²) < 4.78 is 3.87. The first-order valence-electron chi connectivity index (χ1n) is 8.67. The van der Waals surface area contributed by atoms with E-state index in [1.54, 1.807) is 0 Å². The molecule has 3 aromatic heterocycles. The molecule has 0 amide bonds. The highest BCUT2D eigenvalue weighted by Crippen LogP contribution is 2.25. The van der Waals surface area contributed by atoms with Crippen LogP contribution in [0.4, 0.5) is 0 Å². The molecule has 0 spiro atoms. The topological polar surface area (TPSA) is 39.3 Å². The van der Waals surface area contributed by atoms with E-state index in [0.29, 0.717) is 11.9 Å². The van der Waals surface area contributed by atoms with Crippen LogP contribution in [0.3, 0.4) is 0 Å². The molecule has 4 heteroatoms. The van der Waals surface area contributed by atoms with Crippen molar-refractivity contribution in [3.8, 4) is 0 Å². The lowest BCUT2D eigenvalue weighted by atomic mass is 10.1. The smallest absolute Gasteiger partial charge is 0.260 e. The highest BCUT2D eigenvalue weighted by molar-refractivity contribution is 6.03. The van der Waals surface area contributed by atoms with E-state index in [1.807, 2.05) is 88.8 Å². The van der Waals surface area contributed by atoms with E-state index in [4.69, 9.17) is 4.98 Å². The summed E-state index contributed by atoms with van der Waals surface area (Å²) in [5, 5.41) is 1.61. The molecule has 3 heterocycles. The van der Waals surface area contributed by atoms with E-state index in [2.05, 4.69) is 0 Å². The second-order valence-corrected chi connectivity index (χ2v) is 6.59. The Balaban J connectivity index is 1.98. The molecule has 0 unspecified atom stereocenters. The Morgan fingerprint density at radius 3 is 2.42 bits per heavy atom. The highest BCUT2D eigenvalue weighted by atomic mass is 16.1. The summed E-state index contributed by atoms with van der Waals surface area (Å²) >= 11 is 0. The fraction of sp³-hybridized carbons (Fsp3) is 0.0909. The largest absolute Gasteiger partial charge is 0.287 e. The minimum Gasteiger partial charge on any atom is -0.287 e. The quantitative estimate of drug-likeness (QED) is 0.484. The van der Waals surface area contributed by atoms with Gasteiger partial charge in [0, 0.05) is 17.0 Å². The van der Waals surface area contributed by atoms with E-state index < -0.39 is 0 Å². The van der Waals surface area contributed by atoms with Crippen LogP contribution in [0.5, 0.6) is 0 Å². The molecule has 26 heavy (non-hydrogen) atoms. The number of aromatic nitrogens is 3. The summed E-state index contributed by atoms with van der Waals surface area (Å²) in [5.41, 5.74) is 4.79. The van der Waals surface area contributed by atoms with Gasteiger partial charge in [0.2, 0.25) is 0 Å². The van der Waals surface area contributed by atoms with Crippen molar-refractivity contribution in [2.24, 2.45) is 0 Å². The van der Waals surface area contributed by atoms with Crippen LogP contribution in [-0.4, -0.2) is 14.0 Å². The maximum atomic E-state index is 13.3. The van der Waals surface area contributed by atoms with Crippen LogP contribution in [-0.2, 0) is 6.54 Å². The van der Waals surface area contributed by atoms with Crippen molar-refractivity contribution in [1.82, 2.24) is 14.0 Å². The van der Waals surface area contributed by atoms with Crippen molar-refractivity contribution >= 4 is 27.6 Å². The van der Waals surface area contributed by atoms with Gasteiger partial charge in [-0.3, -0.25) is 13.8 Å². The molecule has 0 aliphatic carbocycles. The maximum absolute atomic E-state index is 13.3. The summed E-state index contributed by atoms with van der Waals surface area (Å²) in [6.45, 7) is 2.56. The zero-order valence-corrected chi connectivity index (χ0v) is 14.4. The van der Waals surface area contributed by atoms with E-state index in [0.717, 1.165) is 33.3 Å². The fourth-order valence-corrected chi connectivity index (χ4v) is 3.66. The molecule has 0 saturated carbocycles. The first-order valence-corrected chi connectivity index (χ1v) is 8.67. The molecule has 5 rings (SSSR count). The number of aryl methyl sites for hydroxylation is 1. The third-order valence-electron chi connectivity index (χ3n) is 4.92. The van der Waals surface area contributed by atoms with Gasteiger partial charge in [-0.15, -0.1) is 0 Å². The molecule has 0 N–H and O–H groups in total.